The number of carbonyl (C=O) groups excluding carboxylic acids is 1. The Kier molecular flexibility index (Phi) is 9.51. The molecule has 0 radical (unpaired) electrons. The van der Waals surface area contributed by atoms with Gasteiger partial charge in [-0.15, -0.1) is 24.8 Å². The van der Waals surface area contributed by atoms with Gasteiger partial charge in [0.05, 0.1) is 11.9 Å². The number of nitrogens with zero attached hydrogens (tertiary/aromatic N) is 4. The van der Waals surface area contributed by atoms with Crippen LogP contribution in [0.3, 0.4) is 0 Å². The zero-order valence-electron chi connectivity index (χ0n) is 18.5. The van der Waals surface area contributed by atoms with Crippen LogP contribution in [0.4, 0.5) is 11.5 Å². The summed E-state index contributed by atoms with van der Waals surface area (Å²) in [5, 5.41) is 6.16. The standard InChI is InChI=1S/C22H30N6O2.2ClH/c1-16-7-10-28(18-5-8-23-9-6-18)22(30)20(16)21(29)25-17-3-4-19(24-15-17)27-13-11-26(2)12-14-27;;/h3-4,7,10,15,18,23H,5-6,8-9,11-14H2,1-2H3,(H,25,29);2*1H. The summed E-state index contributed by atoms with van der Waals surface area (Å²) in [6, 6.07) is 5.76. The van der Waals surface area contributed by atoms with Crippen LogP contribution in [0.15, 0.2) is 35.4 Å². The fraction of sp³-hybridized carbons (Fsp3) is 0.500. The van der Waals surface area contributed by atoms with Gasteiger partial charge in [0.25, 0.3) is 11.5 Å². The first kappa shape index (κ1) is 26.1. The molecule has 8 nitrogen and oxygen atoms in total. The maximum atomic E-state index is 13.1. The van der Waals surface area contributed by atoms with Crippen molar-refractivity contribution < 1.29 is 4.79 Å². The molecular weight excluding hydrogens is 451 g/mol. The highest BCUT2D eigenvalue weighted by Crippen LogP contribution is 2.19. The van der Waals surface area contributed by atoms with Gasteiger partial charge in [-0.1, -0.05) is 0 Å². The maximum Gasteiger partial charge on any atom is 0.263 e. The van der Waals surface area contributed by atoms with Crippen molar-refractivity contribution in [2.24, 2.45) is 0 Å². The number of carbonyl (C=O) groups is 1. The highest BCUT2D eigenvalue weighted by molar-refractivity contribution is 6.04. The minimum Gasteiger partial charge on any atom is -0.354 e. The third-order valence-corrected chi connectivity index (χ3v) is 6.09. The summed E-state index contributed by atoms with van der Waals surface area (Å²) in [4.78, 5) is 35.0. The number of aryl methyl sites for hydroxylation is 1. The van der Waals surface area contributed by atoms with Crippen LogP contribution in [-0.4, -0.2) is 66.7 Å². The molecule has 2 aromatic rings. The van der Waals surface area contributed by atoms with E-state index in [0.717, 1.165) is 57.9 Å². The normalized spacial score (nSPS) is 17.2. The Labute approximate surface area is 201 Å². The number of piperidine rings is 1. The van der Waals surface area contributed by atoms with Crippen LogP contribution < -0.4 is 21.1 Å². The number of hydrogen-bond donors (Lipinski definition) is 2. The minimum atomic E-state index is -0.380. The number of hydrogen-bond acceptors (Lipinski definition) is 6. The van der Waals surface area contributed by atoms with Crippen LogP contribution >= 0.6 is 24.8 Å². The third kappa shape index (κ3) is 5.81. The molecule has 0 saturated carbocycles. The molecule has 0 bridgehead atoms. The lowest BCUT2D eigenvalue weighted by molar-refractivity contribution is 0.102. The van der Waals surface area contributed by atoms with Gasteiger partial charge >= 0.3 is 0 Å². The Hall–Kier alpha value is -2.13. The average Bonchev–Trinajstić information content (AvgIpc) is 2.76. The molecule has 2 aliphatic heterocycles. The Morgan fingerprint density at radius 2 is 1.78 bits per heavy atom. The van der Waals surface area contributed by atoms with Crippen molar-refractivity contribution >= 4 is 42.2 Å². The van der Waals surface area contributed by atoms with E-state index in [9.17, 15) is 9.59 Å². The summed E-state index contributed by atoms with van der Waals surface area (Å²) in [6.45, 7) is 7.48. The van der Waals surface area contributed by atoms with Gasteiger partial charge in [0, 0.05) is 38.4 Å². The fourth-order valence-electron chi connectivity index (χ4n) is 4.17. The SMILES string of the molecule is Cc1ccn(C2CCNCC2)c(=O)c1C(=O)Nc1ccc(N2CCN(C)CC2)nc1.Cl.Cl. The molecule has 0 aliphatic carbocycles. The van der Waals surface area contributed by atoms with Crippen LogP contribution in [0.2, 0.25) is 0 Å². The van der Waals surface area contributed by atoms with Gasteiger partial charge in [0.1, 0.15) is 11.4 Å². The molecule has 0 atom stereocenters. The van der Waals surface area contributed by atoms with E-state index >= 15 is 0 Å². The minimum absolute atomic E-state index is 0. The predicted octanol–water partition coefficient (Wildman–Crippen LogP) is 2.32. The van der Waals surface area contributed by atoms with Gasteiger partial charge < -0.3 is 25.0 Å². The maximum absolute atomic E-state index is 13.1. The predicted molar refractivity (Wildman–Crippen MR) is 133 cm³/mol. The quantitative estimate of drug-likeness (QED) is 0.695. The first-order valence-corrected chi connectivity index (χ1v) is 10.7. The first-order valence-electron chi connectivity index (χ1n) is 10.7. The molecule has 176 valence electrons. The molecule has 2 N–H and O–H groups in total. The van der Waals surface area contributed by atoms with E-state index < -0.39 is 0 Å². The van der Waals surface area contributed by atoms with E-state index in [1.54, 1.807) is 17.7 Å². The molecule has 0 unspecified atom stereocenters. The highest BCUT2D eigenvalue weighted by Gasteiger charge is 2.22. The molecule has 10 heteroatoms. The number of amides is 1. The van der Waals surface area contributed by atoms with Crippen LogP contribution in [0.25, 0.3) is 0 Å². The van der Waals surface area contributed by atoms with E-state index in [1.165, 1.54) is 0 Å². The molecule has 0 spiro atoms. The van der Waals surface area contributed by atoms with Gasteiger partial charge in [-0.25, -0.2) is 4.98 Å². The fourth-order valence-corrected chi connectivity index (χ4v) is 4.17. The topological polar surface area (TPSA) is 82.5 Å². The van der Waals surface area contributed by atoms with Crippen LogP contribution in [0, 0.1) is 6.92 Å². The number of anilines is 2. The van der Waals surface area contributed by atoms with Crippen molar-refractivity contribution in [3.05, 3.63) is 52.1 Å². The van der Waals surface area contributed by atoms with Gasteiger partial charge in [0.2, 0.25) is 0 Å². The summed E-state index contributed by atoms with van der Waals surface area (Å²) >= 11 is 0. The number of halogens is 2. The lowest BCUT2D eigenvalue weighted by atomic mass is 10.0. The molecule has 4 rings (SSSR count). The molecule has 2 fully saturated rings. The first-order chi connectivity index (χ1) is 14.5. The van der Waals surface area contributed by atoms with Crippen molar-refractivity contribution in [3.63, 3.8) is 0 Å². The van der Waals surface area contributed by atoms with E-state index in [2.05, 4.69) is 32.5 Å². The number of likely N-dealkylation sites (N-methyl/N-ethyl adjacent to an activating group) is 1. The van der Waals surface area contributed by atoms with Gasteiger partial charge in [-0.3, -0.25) is 9.59 Å². The lowest BCUT2D eigenvalue weighted by Crippen LogP contribution is -2.44. The Bertz CT molecular complexity index is 952. The summed E-state index contributed by atoms with van der Waals surface area (Å²) < 4.78 is 1.72. The summed E-state index contributed by atoms with van der Waals surface area (Å²) in [7, 11) is 2.12. The second kappa shape index (κ2) is 11.7. The number of rotatable bonds is 4. The van der Waals surface area contributed by atoms with Crippen molar-refractivity contribution in [2.45, 2.75) is 25.8 Å². The van der Waals surface area contributed by atoms with E-state index in [0.29, 0.717) is 11.3 Å². The number of pyridine rings is 2. The molecule has 32 heavy (non-hydrogen) atoms. The van der Waals surface area contributed by atoms with Crippen molar-refractivity contribution in [2.75, 3.05) is 56.5 Å². The van der Waals surface area contributed by atoms with Crippen LogP contribution in [0.5, 0.6) is 0 Å². The lowest BCUT2D eigenvalue weighted by Gasteiger charge is -2.33. The van der Waals surface area contributed by atoms with Crippen molar-refractivity contribution in [3.8, 4) is 0 Å². The number of nitrogens with one attached hydrogen (secondary N) is 2. The highest BCUT2D eigenvalue weighted by atomic mass is 35.5. The molecule has 4 heterocycles. The van der Waals surface area contributed by atoms with E-state index in [-0.39, 0.29) is 47.9 Å². The second-order valence-electron chi connectivity index (χ2n) is 8.22. The largest absolute Gasteiger partial charge is 0.354 e. The molecule has 2 saturated heterocycles. The number of piperazine rings is 1. The molecule has 2 aromatic heterocycles. The zero-order chi connectivity index (χ0) is 21.1. The smallest absolute Gasteiger partial charge is 0.263 e. The van der Waals surface area contributed by atoms with E-state index in [1.807, 2.05) is 24.4 Å². The van der Waals surface area contributed by atoms with Crippen molar-refractivity contribution in [1.29, 1.82) is 0 Å². The third-order valence-electron chi connectivity index (χ3n) is 6.09. The second-order valence-corrected chi connectivity index (χ2v) is 8.22. The molecular formula is C22H32Cl2N6O2. The van der Waals surface area contributed by atoms with Crippen molar-refractivity contribution in [1.82, 2.24) is 19.8 Å². The zero-order valence-corrected chi connectivity index (χ0v) is 20.2. The van der Waals surface area contributed by atoms with Crippen LogP contribution in [0.1, 0.15) is 34.8 Å². The van der Waals surface area contributed by atoms with Crippen LogP contribution in [-0.2, 0) is 0 Å². The van der Waals surface area contributed by atoms with Gasteiger partial charge in [-0.05, 0) is 63.7 Å². The number of aromatic nitrogens is 2. The summed E-state index contributed by atoms with van der Waals surface area (Å²) in [5.41, 5.74) is 1.26. The average molecular weight is 483 g/mol. The van der Waals surface area contributed by atoms with Gasteiger partial charge in [0.15, 0.2) is 0 Å². The molecule has 1 amide bonds. The Morgan fingerprint density at radius 3 is 2.41 bits per heavy atom. The summed E-state index contributed by atoms with van der Waals surface area (Å²) in [5.74, 6) is 0.528. The van der Waals surface area contributed by atoms with Gasteiger partial charge in [-0.2, -0.15) is 0 Å². The Balaban J connectivity index is 0.00000181. The summed E-state index contributed by atoms with van der Waals surface area (Å²) in [6.07, 6.45) is 5.26. The molecule has 0 aromatic carbocycles. The molecule has 2 aliphatic rings. The Morgan fingerprint density at radius 1 is 1.09 bits per heavy atom. The van der Waals surface area contributed by atoms with E-state index in [4.69, 9.17) is 0 Å². The monoisotopic (exact) mass is 482 g/mol.